The summed E-state index contributed by atoms with van der Waals surface area (Å²) >= 11 is 5.93. The molecule has 3 heterocycles. The summed E-state index contributed by atoms with van der Waals surface area (Å²) in [5.74, 6) is -0.111. The molecule has 0 spiro atoms. The maximum atomic E-state index is 12.6. The highest BCUT2D eigenvalue weighted by molar-refractivity contribution is 6.30. The number of nitrogens with zero attached hydrogens (tertiary/aromatic N) is 4. The number of fused-ring (bicyclic) bond motifs is 1. The summed E-state index contributed by atoms with van der Waals surface area (Å²) in [6.07, 6.45) is 2.88. The molecular formula is C20H16ClN5O4. The quantitative estimate of drug-likeness (QED) is 0.535. The Hall–Kier alpha value is -3.46. The number of hydrogen-bond donors (Lipinski definition) is 1. The standard InChI is InChI=1S/C20H16ClN5O4/c21-13-3-1-11(2-4-13)12-7-14(8-12)26-20(29)30-17(24-26)9-25-10-22-15-5-6-16(27)23-18(15)19(25)28/h1-6,10,12,14H,7-9H2,(H,23,27)/t12-,14-. The summed E-state index contributed by atoms with van der Waals surface area (Å²) < 4.78 is 7.82. The summed E-state index contributed by atoms with van der Waals surface area (Å²) in [4.78, 5) is 43.0. The highest BCUT2D eigenvalue weighted by Crippen LogP contribution is 2.43. The van der Waals surface area contributed by atoms with Crippen LogP contribution in [0.5, 0.6) is 0 Å². The van der Waals surface area contributed by atoms with Crippen molar-refractivity contribution in [1.82, 2.24) is 24.3 Å². The van der Waals surface area contributed by atoms with Gasteiger partial charge >= 0.3 is 5.76 Å². The minimum Gasteiger partial charge on any atom is -0.390 e. The Labute approximate surface area is 173 Å². The van der Waals surface area contributed by atoms with Crippen molar-refractivity contribution in [3.05, 3.63) is 90.5 Å². The van der Waals surface area contributed by atoms with Crippen LogP contribution in [0, 0.1) is 0 Å². The van der Waals surface area contributed by atoms with Gasteiger partial charge in [0.05, 0.1) is 17.9 Å². The zero-order valence-corrected chi connectivity index (χ0v) is 16.4. The number of halogens is 1. The van der Waals surface area contributed by atoms with E-state index in [9.17, 15) is 14.4 Å². The lowest BCUT2D eigenvalue weighted by Gasteiger charge is -2.34. The lowest BCUT2D eigenvalue weighted by atomic mass is 9.76. The fourth-order valence-electron chi connectivity index (χ4n) is 3.74. The third-order valence-corrected chi connectivity index (χ3v) is 5.68. The fourth-order valence-corrected chi connectivity index (χ4v) is 3.87. The van der Waals surface area contributed by atoms with Crippen LogP contribution in [0.1, 0.15) is 36.3 Å². The molecule has 0 atom stereocenters. The maximum Gasteiger partial charge on any atom is 0.437 e. The van der Waals surface area contributed by atoms with Crippen molar-refractivity contribution < 1.29 is 4.42 Å². The zero-order valence-electron chi connectivity index (χ0n) is 15.6. The van der Waals surface area contributed by atoms with Crippen LogP contribution in [-0.2, 0) is 6.54 Å². The molecule has 1 saturated carbocycles. The lowest BCUT2D eigenvalue weighted by molar-refractivity contribution is 0.233. The van der Waals surface area contributed by atoms with Gasteiger partial charge in [0.2, 0.25) is 11.4 Å². The van der Waals surface area contributed by atoms with E-state index >= 15 is 0 Å². The molecule has 152 valence electrons. The second-order valence-corrected chi connectivity index (χ2v) is 7.78. The third kappa shape index (κ3) is 3.26. The van der Waals surface area contributed by atoms with E-state index < -0.39 is 16.9 Å². The Morgan fingerprint density at radius 3 is 2.63 bits per heavy atom. The Morgan fingerprint density at radius 1 is 1.10 bits per heavy atom. The van der Waals surface area contributed by atoms with Crippen LogP contribution in [0.25, 0.3) is 11.0 Å². The first-order chi connectivity index (χ1) is 14.5. The summed E-state index contributed by atoms with van der Waals surface area (Å²) in [7, 11) is 0. The first-order valence-corrected chi connectivity index (χ1v) is 9.78. The molecule has 1 fully saturated rings. The molecule has 9 nitrogen and oxygen atoms in total. The molecule has 0 saturated heterocycles. The number of benzene rings is 1. The van der Waals surface area contributed by atoms with Crippen LogP contribution in [-0.4, -0.2) is 24.3 Å². The van der Waals surface area contributed by atoms with E-state index in [-0.39, 0.29) is 24.0 Å². The second-order valence-electron chi connectivity index (χ2n) is 7.34. The number of rotatable bonds is 4. The molecule has 0 radical (unpaired) electrons. The van der Waals surface area contributed by atoms with Crippen molar-refractivity contribution in [2.45, 2.75) is 31.3 Å². The van der Waals surface area contributed by atoms with Crippen molar-refractivity contribution in [3.63, 3.8) is 0 Å². The number of H-pyrrole nitrogens is 1. The fraction of sp³-hybridized carbons (Fsp3) is 0.250. The van der Waals surface area contributed by atoms with Gasteiger partial charge in [-0.3, -0.25) is 14.2 Å². The molecule has 0 amide bonds. The van der Waals surface area contributed by atoms with Gasteiger partial charge in [0, 0.05) is 11.1 Å². The average molecular weight is 426 g/mol. The molecule has 0 unspecified atom stereocenters. The number of nitrogens with one attached hydrogen (secondary N) is 1. The first-order valence-electron chi connectivity index (χ1n) is 9.40. The van der Waals surface area contributed by atoms with Crippen LogP contribution >= 0.6 is 11.6 Å². The van der Waals surface area contributed by atoms with E-state index in [1.165, 1.54) is 33.3 Å². The molecule has 1 aromatic carbocycles. The molecule has 1 N–H and O–H groups in total. The highest BCUT2D eigenvalue weighted by Gasteiger charge is 2.34. The lowest BCUT2D eigenvalue weighted by Crippen LogP contribution is -2.31. The normalized spacial score (nSPS) is 18.4. The van der Waals surface area contributed by atoms with Gasteiger partial charge in [-0.1, -0.05) is 23.7 Å². The molecule has 4 aromatic rings. The van der Waals surface area contributed by atoms with E-state index in [4.69, 9.17) is 16.0 Å². The van der Waals surface area contributed by atoms with Gasteiger partial charge in [-0.2, -0.15) is 4.68 Å². The van der Waals surface area contributed by atoms with Gasteiger partial charge in [-0.05, 0) is 42.5 Å². The highest BCUT2D eigenvalue weighted by atomic mass is 35.5. The molecule has 30 heavy (non-hydrogen) atoms. The smallest absolute Gasteiger partial charge is 0.390 e. The molecule has 1 aliphatic carbocycles. The molecular weight excluding hydrogens is 410 g/mol. The largest absolute Gasteiger partial charge is 0.437 e. The van der Waals surface area contributed by atoms with Crippen LogP contribution in [0.2, 0.25) is 5.02 Å². The topological polar surface area (TPSA) is 116 Å². The van der Waals surface area contributed by atoms with Gasteiger partial charge in [-0.15, -0.1) is 5.10 Å². The van der Waals surface area contributed by atoms with E-state index in [2.05, 4.69) is 15.1 Å². The SMILES string of the molecule is O=c1ccc2ncn(Cc3nn([C@H]4C[C@H](c5ccc(Cl)cc5)C4)c(=O)o3)c(=O)c2[nH]1. The number of pyridine rings is 1. The predicted molar refractivity (Wildman–Crippen MR) is 109 cm³/mol. The Morgan fingerprint density at radius 2 is 1.87 bits per heavy atom. The third-order valence-electron chi connectivity index (χ3n) is 5.43. The Bertz CT molecular complexity index is 1410. The van der Waals surface area contributed by atoms with E-state index in [1.807, 2.05) is 24.3 Å². The Kier molecular flexibility index (Phi) is 4.39. The van der Waals surface area contributed by atoms with Crippen LogP contribution in [0.15, 0.2) is 61.5 Å². The molecule has 0 bridgehead atoms. The minimum absolute atomic E-state index is 0.0570. The first kappa shape index (κ1) is 18.6. The molecule has 3 aromatic heterocycles. The molecule has 10 heteroatoms. The predicted octanol–water partition coefficient (Wildman–Crippen LogP) is 2.05. The van der Waals surface area contributed by atoms with Crippen molar-refractivity contribution in [2.24, 2.45) is 0 Å². The van der Waals surface area contributed by atoms with Gasteiger partial charge < -0.3 is 9.40 Å². The van der Waals surface area contributed by atoms with Crippen LogP contribution in [0.4, 0.5) is 0 Å². The van der Waals surface area contributed by atoms with Crippen molar-refractivity contribution >= 4 is 22.6 Å². The van der Waals surface area contributed by atoms with Crippen molar-refractivity contribution in [1.29, 1.82) is 0 Å². The number of aromatic amines is 1. The van der Waals surface area contributed by atoms with E-state index in [1.54, 1.807) is 0 Å². The number of hydrogen-bond acceptors (Lipinski definition) is 6. The minimum atomic E-state index is -0.556. The monoisotopic (exact) mass is 425 g/mol. The van der Waals surface area contributed by atoms with Gasteiger partial charge in [-0.25, -0.2) is 9.78 Å². The van der Waals surface area contributed by atoms with Gasteiger partial charge in [0.15, 0.2) is 0 Å². The van der Waals surface area contributed by atoms with Gasteiger partial charge in [0.1, 0.15) is 12.1 Å². The van der Waals surface area contributed by atoms with Crippen LogP contribution in [0.3, 0.4) is 0 Å². The maximum absolute atomic E-state index is 12.6. The van der Waals surface area contributed by atoms with E-state index in [0.717, 1.165) is 12.8 Å². The average Bonchev–Trinajstić information content (AvgIpc) is 3.05. The zero-order chi connectivity index (χ0) is 20.8. The summed E-state index contributed by atoms with van der Waals surface area (Å²) in [6, 6.07) is 10.4. The van der Waals surface area contributed by atoms with E-state index in [0.29, 0.717) is 16.5 Å². The van der Waals surface area contributed by atoms with Crippen molar-refractivity contribution in [2.75, 3.05) is 0 Å². The summed E-state index contributed by atoms with van der Waals surface area (Å²) in [5, 5.41) is 4.95. The number of aromatic nitrogens is 5. The summed E-state index contributed by atoms with van der Waals surface area (Å²) in [6.45, 7) is -0.0612. The van der Waals surface area contributed by atoms with Crippen LogP contribution < -0.4 is 16.9 Å². The van der Waals surface area contributed by atoms with Crippen molar-refractivity contribution in [3.8, 4) is 0 Å². The molecule has 5 rings (SSSR count). The Balaban J connectivity index is 1.35. The molecule has 0 aliphatic heterocycles. The summed E-state index contributed by atoms with van der Waals surface area (Å²) in [5.41, 5.74) is 0.814. The van der Waals surface area contributed by atoms with Gasteiger partial charge in [0.25, 0.3) is 5.56 Å². The second kappa shape index (κ2) is 7.10. The molecule has 1 aliphatic rings.